The second-order valence-corrected chi connectivity index (χ2v) is 5.19. The molecular weight excluding hydrogens is 267 g/mol. The first kappa shape index (κ1) is 15.3. The van der Waals surface area contributed by atoms with Crippen molar-refractivity contribution in [2.75, 3.05) is 6.54 Å². The van der Waals surface area contributed by atoms with Crippen LogP contribution in [-0.2, 0) is 11.2 Å². The van der Waals surface area contributed by atoms with Crippen LogP contribution in [0.3, 0.4) is 0 Å². The minimum atomic E-state index is -4.32. The maximum absolute atomic E-state index is 12.7. The number of fused-ring (bicyclic) bond motifs is 1. The normalized spacial score (nSPS) is 23.6. The lowest BCUT2D eigenvalue weighted by Gasteiger charge is -2.26. The Hall–Kier alpha value is -1.07. The maximum Gasteiger partial charge on any atom is 0.414 e. The number of rotatable bonds is 5. The molecule has 0 spiro atoms. The summed E-state index contributed by atoms with van der Waals surface area (Å²) in [6.07, 6.45) is -5.06. The molecule has 1 aliphatic carbocycles. The highest BCUT2D eigenvalue weighted by Gasteiger charge is 2.42. The van der Waals surface area contributed by atoms with Gasteiger partial charge in [-0.2, -0.15) is 13.2 Å². The quantitative estimate of drug-likeness (QED) is 0.893. The van der Waals surface area contributed by atoms with Crippen LogP contribution in [0.2, 0.25) is 0 Å². The van der Waals surface area contributed by atoms with E-state index in [1.54, 1.807) is 0 Å². The number of alkyl halides is 3. The molecule has 112 valence electrons. The van der Waals surface area contributed by atoms with Gasteiger partial charge >= 0.3 is 6.18 Å². The van der Waals surface area contributed by atoms with Crippen molar-refractivity contribution in [2.45, 2.75) is 51.1 Å². The van der Waals surface area contributed by atoms with Gasteiger partial charge in [0, 0.05) is 6.42 Å². The molecule has 1 N–H and O–H groups in total. The van der Waals surface area contributed by atoms with Gasteiger partial charge in [0.15, 0.2) is 6.10 Å². The van der Waals surface area contributed by atoms with Crippen LogP contribution in [-0.4, -0.2) is 24.9 Å². The van der Waals surface area contributed by atoms with E-state index in [1.165, 1.54) is 0 Å². The number of ether oxygens (including phenoxy) is 1. The third kappa shape index (κ3) is 3.33. The van der Waals surface area contributed by atoms with E-state index >= 15 is 0 Å². The summed E-state index contributed by atoms with van der Waals surface area (Å²) < 4.78 is 43.3. The Labute approximate surface area is 117 Å². The molecule has 0 fully saturated rings. The fourth-order valence-electron chi connectivity index (χ4n) is 2.57. The van der Waals surface area contributed by atoms with Crippen molar-refractivity contribution in [3.8, 4) is 0 Å². The smallest absolute Gasteiger partial charge is 0.364 e. The molecule has 0 radical (unpaired) electrons. The number of halogens is 3. The minimum Gasteiger partial charge on any atom is -0.364 e. The molecule has 3 atom stereocenters. The lowest BCUT2D eigenvalue weighted by molar-refractivity contribution is -0.228. The number of nitrogens with one attached hydrogen (secondary N) is 1. The summed E-state index contributed by atoms with van der Waals surface area (Å²) in [5, 5.41) is 3.30. The predicted molar refractivity (Wildman–Crippen MR) is 71.6 cm³/mol. The monoisotopic (exact) mass is 287 g/mol. The van der Waals surface area contributed by atoms with Gasteiger partial charge in [0.25, 0.3) is 0 Å². The summed E-state index contributed by atoms with van der Waals surface area (Å²) in [6.45, 7) is 3.86. The highest BCUT2D eigenvalue weighted by atomic mass is 19.4. The molecule has 1 aromatic rings. The number of hydrogen-bond donors (Lipinski definition) is 1. The van der Waals surface area contributed by atoms with Crippen LogP contribution >= 0.6 is 0 Å². The minimum absolute atomic E-state index is 0.157. The van der Waals surface area contributed by atoms with E-state index in [2.05, 4.69) is 5.32 Å². The highest BCUT2D eigenvalue weighted by Crippen LogP contribution is 2.35. The highest BCUT2D eigenvalue weighted by molar-refractivity contribution is 5.36. The van der Waals surface area contributed by atoms with Crippen LogP contribution in [0.5, 0.6) is 0 Å². The topological polar surface area (TPSA) is 21.3 Å². The van der Waals surface area contributed by atoms with Gasteiger partial charge in [-0.3, -0.25) is 0 Å². The molecule has 20 heavy (non-hydrogen) atoms. The first-order valence-corrected chi connectivity index (χ1v) is 6.96. The molecule has 5 heteroatoms. The Morgan fingerprint density at radius 1 is 1.35 bits per heavy atom. The number of hydrogen-bond acceptors (Lipinski definition) is 2. The van der Waals surface area contributed by atoms with Crippen LogP contribution in [0.1, 0.15) is 37.4 Å². The van der Waals surface area contributed by atoms with E-state index in [4.69, 9.17) is 4.74 Å². The van der Waals surface area contributed by atoms with Crippen molar-refractivity contribution >= 4 is 0 Å². The maximum atomic E-state index is 12.7. The van der Waals surface area contributed by atoms with Crippen molar-refractivity contribution < 1.29 is 17.9 Å². The van der Waals surface area contributed by atoms with Gasteiger partial charge < -0.3 is 10.1 Å². The van der Waals surface area contributed by atoms with E-state index in [-0.39, 0.29) is 6.04 Å². The van der Waals surface area contributed by atoms with Gasteiger partial charge in [0.2, 0.25) is 0 Å². The SMILES string of the molecule is CCCNC1c2ccccc2CC1OC(C)C(F)(F)F. The molecule has 0 bridgehead atoms. The van der Waals surface area contributed by atoms with Crippen LogP contribution < -0.4 is 5.32 Å². The largest absolute Gasteiger partial charge is 0.414 e. The van der Waals surface area contributed by atoms with E-state index in [0.29, 0.717) is 6.42 Å². The molecule has 0 heterocycles. The first-order valence-electron chi connectivity index (χ1n) is 6.96. The predicted octanol–water partition coefficient (Wildman–Crippen LogP) is 3.62. The van der Waals surface area contributed by atoms with Crippen LogP contribution in [0, 0.1) is 0 Å². The molecule has 0 aliphatic heterocycles. The molecular formula is C15H20F3NO. The van der Waals surface area contributed by atoms with Crippen molar-refractivity contribution in [2.24, 2.45) is 0 Å². The molecule has 3 unspecified atom stereocenters. The van der Waals surface area contributed by atoms with Crippen molar-refractivity contribution in [3.63, 3.8) is 0 Å². The molecule has 0 amide bonds. The molecule has 1 aromatic carbocycles. The zero-order chi connectivity index (χ0) is 14.8. The first-order chi connectivity index (χ1) is 9.43. The third-order valence-corrected chi connectivity index (χ3v) is 3.64. The Morgan fingerprint density at radius 3 is 2.70 bits per heavy atom. The van der Waals surface area contributed by atoms with Crippen molar-refractivity contribution in [1.29, 1.82) is 0 Å². The molecule has 2 nitrogen and oxygen atoms in total. The summed E-state index contributed by atoms with van der Waals surface area (Å²) >= 11 is 0. The zero-order valence-electron chi connectivity index (χ0n) is 11.7. The van der Waals surface area contributed by atoms with Crippen LogP contribution in [0.15, 0.2) is 24.3 Å². The summed E-state index contributed by atoms with van der Waals surface area (Å²) in [4.78, 5) is 0. The van der Waals surface area contributed by atoms with Gasteiger partial charge in [-0.15, -0.1) is 0 Å². The van der Waals surface area contributed by atoms with Gasteiger partial charge in [0.1, 0.15) is 0 Å². The standard InChI is InChI=1S/C15H20F3NO/c1-3-8-19-14-12-7-5-4-6-11(12)9-13(14)20-10(2)15(16,17)18/h4-7,10,13-14,19H,3,8-9H2,1-2H3. The molecule has 0 aromatic heterocycles. The summed E-state index contributed by atoms with van der Waals surface area (Å²) in [5.41, 5.74) is 2.13. The lowest BCUT2D eigenvalue weighted by Crippen LogP contribution is -2.38. The van der Waals surface area contributed by atoms with Crippen molar-refractivity contribution in [1.82, 2.24) is 5.32 Å². The Balaban J connectivity index is 2.13. The third-order valence-electron chi connectivity index (χ3n) is 3.64. The Kier molecular flexibility index (Phi) is 4.70. The van der Waals surface area contributed by atoms with E-state index in [0.717, 1.165) is 31.0 Å². The lowest BCUT2D eigenvalue weighted by atomic mass is 10.1. The average Bonchev–Trinajstić information content (AvgIpc) is 2.72. The number of benzene rings is 1. The van der Waals surface area contributed by atoms with E-state index in [9.17, 15) is 13.2 Å². The molecule has 1 aliphatic rings. The zero-order valence-corrected chi connectivity index (χ0v) is 11.7. The molecule has 0 saturated carbocycles. The second-order valence-electron chi connectivity index (χ2n) is 5.19. The van der Waals surface area contributed by atoms with Gasteiger partial charge in [-0.1, -0.05) is 31.2 Å². The fraction of sp³-hybridized carbons (Fsp3) is 0.600. The van der Waals surface area contributed by atoms with Crippen LogP contribution in [0.4, 0.5) is 13.2 Å². The average molecular weight is 287 g/mol. The van der Waals surface area contributed by atoms with Gasteiger partial charge in [-0.25, -0.2) is 0 Å². The summed E-state index contributed by atoms with van der Waals surface area (Å²) in [7, 11) is 0. The summed E-state index contributed by atoms with van der Waals surface area (Å²) in [6, 6.07) is 7.58. The Morgan fingerprint density at radius 2 is 2.05 bits per heavy atom. The van der Waals surface area contributed by atoms with E-state index < -0.39 is 18.4 Å². The fourth-order valence-corrected chi connectivity index (χ4v) is 2.57. The second kappa shape index (κ2) is 6.14. The Bertz CT molecular complexity index is 447. The van der Waals surface area contributed by atoms with Crippen molar-refractivity contribution in [3.05, 3.63) is 35.4 Å². The van der Waals surface area contributed by atoms with E-state index in [1.807, 2.05) is 31.2 Å². The van der Waals surface area contributed by atoms with Gasteiger partial charge in [0.05, 0.1) is 12.1 Å². The molecule has 0 saturated heterocycles. The van der Waals surface area contributed by atoms with Gasteiger partial charge in [-0.05, 0) is 31.0 Å². The summed E-state index contributed by atoms with van der Waals surface area (Å²) in [5.74, 6) is 0. The molecule has 2 rings (SSSR count). The van der Waals surface area contributed by atoms with Crippen LogP contribution in [0.25, 0.3) is 0 Å².